The van der Waals surface area contributed by atoms with Gasteiger partial charge in [0.2, 0.25) is 0 Å². The number of rotatable bonds is 4. The first-order chi connectivity index (χ1) is 18.3. The molecule has 7 rings (SSSR count). The van der Waals surface area contributed by atoms with Crippen molar-refractivity contribution in [2.45, 2.75) is 0 Å². The maximum Gasteiger partial charge on any atom is 0.164 e. The Balaban J connectivity index is 1.42. The van der Waals surface area contributed by atoms with Crippen LogP contribution in [0.1, 0.15) is 0 Å². The monoisotopic (exact) mass is 475 g/mol. The first-order valence-corrected chi connectivity index (χ1v) is 12.2. The Morgan fingerprint density at radius 1 is 0.405 bits per heavy atom. The van der Waals surface area contributed by atoms with Gasteiger partial charge in [0.25, 0.3) is 0 Å². The average Bonchev–Trinajstić information content (AvgIpc) is 3.36. The van der Waals surface area contributed by atoms with E-state index in [1.165, 1.54) is 0 Å². The van der Waals surface area contributed by atoms with Crippen LogP contribution < -0.4 is 0 Å². The summed E-state index contributed by atoms with van der Waals surface area (Å²) in [5.41, 5.74) is 6.74. The fourth-order valence-corrected chi connectivity index (χ4v) is 4.72. The van der Waals surface area contributed by atoms with E-state index in [4.69, 9.17) is 19.4 Å². The molecule has 5 aromatic carbocycles. The van der Waals surface area contributed by atoms with Crippen molar-refractivity contribution in [3.8, 4) is 45.3 Å². The van der Waals surface area contributed by atoms with Crippen LogP contribution in [0.25, 0.3) is 67.2 Å². The SMILES string of the molecule is c1ccc(-c2nc(-c3ccccc3)nc(-c3ccc4oc5c(-c6ccccc6)cccc5c4c3)n2)cc1. The molecule has 4 heteroatoms. The van der Waals surface area contributed by atoms with Crippen LogP contribution in [0.4, 0.5) is 0 Å². The number of aromatic nitrogens is 3. The minimum Gasteiger partial charge on any atom is -0.455 e. The Hall–Kier alpha value is -5.09. The van der Waals surface area contributed by atoms with Crippen molar-refractivity contribution in [3.05, 3.63) is 127 Å². The molecule has 0 saturated carbocycles. The number of hydrogen-bond acceptors (Lipinski definition) is 4. The van der Waals surface area contributed by atoms with Gasteiger partial charge in [0.1, 0.15) is 11.2 Å². The van der Waals surface area contributed by atoms with Crippen molar-refractivity contribution < 1.29 is 4.42 Å². The zero-order chi connectivity index (χ0) is 24.6. The molecule has 0 N–H and O–H groups in total. The van der Waals surface area contributed by atoms with E-state index >= 15 is 0 Å². The highest BCUT2D eigenvalue weighted by Gasteiger charge is 2.16. The molecule has 2 aromatic heterocycles. The van der Waals surface area contributed by atoms with Crippen LogP contribution in [0.3, 0.4) is 0 Å². The molecule has 0 fully saturated rings. The first-order valence-electron chi connectivity index (χ1n) is 12.2. The first kappa shape index (κ1) is 21.2. The van der Waals surface area contributed by atoms with Crippen molar-refractivity contribution in [2.24, 2.45) is 0 Å². The third kappa shape index (κ3) is 3.85. The van der Waals surface area contributed by atoms with E-state index in [0.717, 1.165) is 49.8 Å². The molecule has 4 nitrogen and oxygen atoms in total. The molecule has 0 aliphatic heterocycles. The van der Waals surface area contributed by atoms with Crippen molar-refractivity contribution in [1.82, 2.24) is 15.0 Å². The second-order valence-electron chi connectivity index (χ2n) is 8.90. The number of benzene rings is 5. The lowest BCUT2D eigenvalue weighted by Gasteiger charge is -2.08. The summed E-state index contributed by atoms with van der Waals surface area (Å²) in [6.45, 7) is 0. The molecular formula is C33H21N3O. The third-order valence-electron chi connectivity index (χ3n) is 6.54. The Morgan fingerprint density at radius 3 is 1.54 bits per heavy atom. The zero-order valence-corrected chi connectivity index (χ0v) is 19.9. The van der Waals surface area contributed by atoms with E-state index in [1.807, 2.05) is 91.0 Å². The van der Waals surface area contributed by atoms with Gasteiger partial charge in [-0.2, -0.15) is 0 Å². The van der Waals surface area contributed by atoms with Crippen LogP contribution in [0.5, 0.6) is 0 Å². The number of nitrogens with zero attached hydrogens (tertiary/aromatic N) is 3. The molecule has 0 amide bonds. The second kappa shape index (κ2) is 8.85. The van der Waals surface area contributed by atoms with Crippen molar-refractivity contribution >= 4 is 21.9 Å². The van der Waals surface area contributed by atoms with Gasteiger partial charge in [0.05, 0.1) is 0 Å². The highest BCUT2D eigenvalue weighted by atomic mass is 16.3. The van der Waals surface area contributed by atoms with Gasteiger partial charge in [-0.15, -0.1) is 0 Å². The fourth-order valence-electron chi connectivity index (χ4n) is 4.72. The summed E-state index contributed by atoms with van der Waals surface area (Å²) in [7, 11) is 0. The maximum absolute atomic E-state index is 6.36. The Labute approximate surface area is 213 Å². The van der Waals surface area contributed by atoms with Crippen molar-refractivity contribution in [2.75, 3.05) is 0 Å². The second-order valence-corrected chi connectivity index (χ2v) is 8.90. The van der Waals surface area contributed by atoms with Crippen molar-refractivity contribution in [1.29, 1.82) is 0 Å². The van der Waals surface area contributed by atoms with Crippen LogP contribution >= 0.6 is 0 Å². The molecule has 0 aliphatic carbocycles. The lowest BCUT2D eigenvalue weighted by atomic mass is 10.0. The molecule has 7 aromatic rings. The number of furan rings is 1. The maximum atomic E-state index is 6.36. The van der Waals surface area contributed by atoms with Gasteiger partial charge in [-0.3, -0.25) is 0 Å². The minimum atomic E-state index is 0.628. The van der Waals surface area contributed by atoms with Gasteiger partial charge in [-0.25, -0.2) is 15.0 Å². The van der Waals surface area contributed by atoms with E-state index in [-0.39, 0.29) is 0 Å². The van der Waals surface area contributed by atoms with Crippen LogP contribution in [-0.2, 0) is 0 Å². The summed E-state index contributed by atoms with van der Waals surface area (Å²) >= 11 is 0. The lowest BCUT2D eigenvalue weighted by molar-refractivity contribution is 0.670. The largest absolute Gasteiger partial charge is 0.455 e. The highest BCUT2D eigenvalue weighted by molar-refractivity contribution is 6.10. The summed E-state index contributed by atoms with van der Waals surface area (Å²) in [5, 5.41) is 2.10. The van der Waals surface area contributed by atoms with Gasteiger partial charge < -0.3 is 4.42 Å². The lowest BCUT2D eigenvalue weighted by Crippen LogP contribution is -2.00. The summed E-state index contributed by atoms with van der Waals surface area (Å²) in [6.07, 6.45) is 0. The Kier molecular flexibility index (Phi) is 5.07. The standard InChI is InChI=1S/C33H21N3O/c1-4-11-22(12-5-1)26-17-10-18-27-28-21-25(19-20-29(28)37-30(26)27)33-35-31(23-13-6-2-7-14-23)34-32(36-33)24-15-8-3-9-16-24/h1-21H. The molecule has 174 valence electrons. The molecule has 0 atom stereocenters. The fraction of sp³-hybridized carbons (Fsp3) is 0. The van der Waals surface area contributed by atoms with Crippen molar-refractivity contribution in [3.63, 3.8) is 0 Å². The number of para-hydroxylation sites is 1. The van der Waals surface area contributed by atoms with Gasteiger partial charge in [-0.05, 0) is 23.8 Å². The van der Waals surface area contributed by atoms with Crippen LogP contribution in [0.15, 0.2) is 132 Å². The van der Waals surface area contributed by atoms with E-state index in [1.54, 1.807) is 0 Å². The van der Waals surface area contributed by atoms with E-state index in [2.05, 4.69) is 36.4 Å². The molecule has 0 radical (unpaired) electrons. The minimum absolute atomic E-state index is 0.628. The molecule has 37 heavy (non-hydrogen) atoms. The van der Waals surface area contributed by atoms with Crippen LogP contribution in [-0.4, -0.2) is 15.0 Å². The molecule has 2 heterocycles. The van der Waals surface area contributed by atoms with Crippen LogP contribution in [0, 0.1) is 0 Å². The predicted octanol–water partition coefficient (Wildman–Crippen LogP) is 8.44. The number of fused-ring (bicyclic) bond motifs is 3. The van der Waals surface area contributed by atoms with Gasteiger partial charge in [0, 0.05) is 33.0 Å². The van der Waals surface area contributed by atoms with E-state index in [9.17, 15) is 0 Å². The Morgan fingerprint density at radius 2 is 0.946 bits per heavy atom. The molecular weight excluding hydrogens is 454 g/mol. The summed E-state index contributed by atoms with van der Waals surface area (Å²) < 4.78 is 6.36. The predicted molar refractivity (Wildman–Crippen MR) is 149 cm³/mol. The Bertz CT molecular complexity index is 1800. The molecule has 0 spiro atoms. The smallest absolute Gasteiger partial charge is 0.164 e. The van der Waals surface area contributed by atoms with Crippen LogP contribution in [0.2, 0.25) is 0 Å². The van der Waals surface area contributed by atoms with E-state index < -0.39 is 0 Å². The van der Waals surface area contributed by atoms with Gasteiger partial charge in [0.15, 0.2) is 17.5 Å². The molecule has 0 aliphatic rings. The highest BCUT2D eigenvalue weighted by Crippen LogP contribution is 2.37. The molecule has 0 unspecified atom stereocenters. The summed E-state index contributed by atoms with van der Waals surface area (Å²) in [6, 6.07) is 42.8. The number of hydrogen-bond donors (Lipinski definition) is 0. The molecule has 0 bridgehead atoms. The zero-order valence-electron chi connectivity index (χ0n) is 19.9. The summed E-state index contributed by atoms with van der Waals surface area (Å²) in [5.74, 6) is 1.92. The van der Waals surface area contributed by atoms with Gasteiger partial charge >= 0.3 is 0 Å². The quantitative estimate of drug-likeness (QED) is 0.256. The third-order valence-corrected chi connectivity index (χ3v) is 6.54. The van der Waals surface area contributed by atoms with Gasteiger partial charge in [-0.1, -0.05) is 109 Å². The normalized spacial score (nSPS) is 11.2. The average molecular weight is 476 g/mol. The topological polar surface area (TPSA) is 51.8 Å². The molecule has 0 saturated heterocycles. The van der Waals surface area contributed by atoms with E-state index in [0.29, 0.717) is 17.5 Å². The summed E-state index contributed by atoms with van der Waals surface area (Å²) in [4.78, 5) is 14.6.